The van der Waals surface area contributed by atoms with Crippen LogP contribution in [0.15, 0.2) is 0 Å². The number of likely N-dealkylation sites (N-methyl/N-ethyl adjacent to an activating group) is 1. The zero-order valence-electron chi connectivity index (χ0n) is 11.0. The molecule has 1 rings (SSSR count). The lowest BCUT2D eigenvalue weighted by Gasteiger charge is -2.20. The van der Waals surface area contributed by atoms with E-state index in [1.807, 2.05) is 0 Å². The van der Waals surface area contributed by atoms with Crippen LogP contribution in [0.4, 0.5) is 5.13 Å². The molecule has 0 amide bonds. The van der Waals surface area contributed by atoms with Crippen LogP contribution in [0.25, 0.3) is 0 Å². The summed E-state index contributed by atoms with van der Waals surface area (Å²) in [6.45, 7) is 13.8. The summed E-state index contributed by atoms with van der Waals surface area (Å²) < 4.78 is 0. The van der Waals surface area contributed by atoms with Crippen LogP contribution < -0.4 is 10.2 Å². The maximum Gasteiger partial charge on any atom is 0.185 e. The Labute approximate surface area is 103 Å². The Morgan fingerprint density at radius 2 is 2.06 bits per heavy atom. The standard InChI is InChI=1S/C12H23N3S/c1-6-15(8-7-13-9(2)3)12-14-10(4)11(5)16-12/h9,13H,6-8H2,1-5H3. The molecule has 0 saturated carbocycles. The fourth-order valence-electron chi connectivity index (χ4n) is 1.47. The van der Waals surface area contributed by atoms with Gasteiger partial charge in [0.05, 0.1) is 5.69 Å². The summed E-state index contributed by atoms with van der Waals surface area (Å²) in [6, 6.07) is 0.554. The van der Waals surface area contributed by atoms with Gasteiger partial charge in [0.25, 0.3) is 0 Å². The van der Waals surface area contributed by atoms with Gasteiger partial charge in [0.1, 0.15) is 0 Å². The molecule has 16 heavy (non-hydrogen) atoms. The van der Waals surface area contributed by atoms with Crippen LogP contribution in [-0.4, -0.2) is 30.7 Å². The van der Waals surface area contributed by atoms with E-state index in [4.69, 9.17) is 0 Å². The Bertz CT molecular complexity index is 301. The lowest BCUT2D eigenvalue weighted by atomic mass is 10.4. The van der Waals surface area contributed by atoms with Crippen molar-refractivity contribution >= 4 is 16.5 Å². The van der Waals surface area contributed by atoms with Crippen molar-refractivity contribution in [3.8, 4) is 0 Å². The summed E-state index contributed by atoms with van der Waals surface area (Å²) in [7, 11) is 0. The van der Waals surface area contributed by atoms with E-state index < -0.39 is 0 Å². The summed E-state index contributed by atoms with van der Waals surface area (Å²) in [6.07, 6.45) is 0. The van der Waals surface area contributed by atoms with E-state index >= 15 is 0 Å². The number of nitrogens with one attached hydrogen (secondary N) is 1. The first-order chi connectivity index (χ1) is 7.54. The molecule has 1 heterocycles. The predicted molar refractivity (Wildman–Crippen MR) is 72.6 cm³/mol. The van der Waals surface area contributed by atoms with Gasteiger partial charge < -0.3 is 10.2 Å². The second-order valence-corrected chi connectivity index (χ2v) is 5.51. The quantitative estimate of drug-likeness (QED) is 0.830. The van der Waals surface area contributed by atoms with E-state index in [2.05, 4.69) is 49.8 Å². The molecule has 1 aromatic heterocycles. The third-order valence-electron chi connectivity index (χ3n) is 2.60. The van der Waals surface area contributed by atoms with Gasteiger partial charge in [-0.2, -0.15) is 0 Å². The molecule has 92 valence electrons. The number of thiazole rings is 1. The number of nitrogens with zero attached hydrogens (tertiary/aromatic N) is 2. The van der Waals surface area contributed by atoms with Crippen molar-refractivity contribution in [2.45, 2.75) is 40.7 Å². The molecular formula is C12H23N3S. The van der Waals surface area contributed by atoms with Crippen molar-refractivity contribution in [3.05, 3.63) is 10.6 Å². The zero-order valence-corrected chi connectivity index (χ0v) is 11.8. The molecule has 0 aromatic carbocycles. The van der Waals surface area contributed by atoms with Crippen LogP contribution in [0, 0.1) is 13.8 Å². The normalized spacial score (nSPS) is 11.1. The fraction of sp³-hybridized carbons (Fsp3) is 0.750. The minimum absolute atomic E-state index is 0.554. The lowest BCUT2D eigenvalue weighted by molar-refractivity contribution is 0.583. The lowest BCUT2D eigenvalue weighted by Crippen LogP contribution is -2.34. The van der Waals surface area contributed by atoms with Gasteiger partial charge in [-0.15, -0.1) is 11.3 Å². The predicted octanol–water partition coefficient (Wildman–Crippen LogP) is 2.58. The van der Waals surface area contributed by atoms with Crippen molar-refractivity contribution < 1.29 is 0 Å². The number of aromatic nitrogens is 1. The molecule has 0 atom stereocenters. The van der Waals surface area contributed by atoms with Crippen LogP contribution in [0.1, 0.15) is 31.3 Å². The molecule has 0 bridgehead atoms. The zero-order chi connectivity index (χ0) is 12.1. The van der Waals surface area contributed by atoms with Crippen molar-refractivity contribution in [2.24, 2.45) is 0 Å². The van der Waals surface area contributed by atoms with Gasteiger partial charge in [0.15, 0.2) is 5.13 Å². The molecule has 0 unspecified atom stereocenters. The van der Waals surface area contributed by atoms with Gasteiger partial charge in [-0.05, 0) is 20.8 Å². The van der Waals surface area contributed by atoms with E-state index in [-0.39, 0.29) is 0 Å². The van der Waals surface area contributed by atoms with E-state index in [1.165, 1.54) is 4.88 Å². The molecule has 1 aromatic rings. The van der Waals surface area contributed by atoms with Gasteiger partial charge in [0, 0.05) is 30.6 Å². The Hall–Kier alpha value is -0.610. The van der Waals surface area contributed by atoms with E-state index in [0.29, 0.717) is 6.04 Å². The molecule has 0 saturated heterocycles. The second-order valence-electron chi connectivity index (χ2n) is 4.33. The highest BCUT2D eigenvalue weighted by molar-refractivity contribution is 7.15. The SMILES string of the molecule is CCN(CCNC(C)C)c1nc(C)c(C)s1. The first-order valence-corrected chi connectivity index (χ1v) is 6.78. The Morgan fingerprint density at radius 1 is 1.38 bits per heavy atom. The Balaban J connectivity index is 2.53. The van der Waals surface area contributed by atoms with E-state index in [0.717, 1.165) is 30.5 Å². The first-order valence-electron chi connectivity index (χ1n) is 5.97. The van der Waals surface area contributed by atoms with Crippen LogP contribution in [0.5, 0.6) is 0 Å². The molecule has 4 heteroatoms. The molecule has 3 nitrogen and oxygen atoms in total. The Kier molecular flexibility index (Phi) is 5.22. The minimum Gasteiger partial charge on any atom is -0.347 e. The molecule has 1 N–H and O–H groups in total. The average molecular weight is 241 g/mol. The van der Waals surface area contributed by atoms with Gasteiger partial charge in [-0.3, -0.25) is 0 Å². The van der Waals surface area contributed by atoms with Gasteiger partial charge in [0.2, 0.25) is 0 Å². The largest absolute Gasteiger partial charge is 0.347 e. The first kappa shape index (κ1) is 13.5. The van der Waals surface area contributed by atoms with Gasteiger partial charge >= 0.3 is 0 Å². The monoisotopic (exact) mass is 241 g/mol. The van der Waals surface area contributed by atoms with E-state index in [9.17, 15) is 0 Å². The second kappa shape index (κ2) is 6.21. The average Bonchev–Trinajstić information content (AvgIpc) is 2.53. The maximum absolute atomic E-state index is 4.60. The van der Waals surface area contributed by atoms with Gasteiger partial charge in [-0.1, -0.05) is 13.8 Å². The molecule has 0 spiro atoms. The molecule has 0 aliphatic rings. The summed E-state index contributed by atoms with van der Waals surface area (Å²) in [5, 5.41) is 4.59. The van der Waals surface area contributed by atoms with Crippen LogP contribution >= 0.6 is 11.3 Å². The van der Waals surface area contributed by atoms with Crippen molar-refractivity contribution in [1.29, 1.82) is 0 Å². The molecule has 0 radical (unpaired) electrons. The highest BCUT2D eigenvalue weighted by atomic mass is 32.1. The molecule has 0 aliphatic heterocycles. The summed E-state index contributed by atoms with van der Waals surface area (Å²) in [4.78, 5) is 8.25. The van der Waals surface area contributed by atoms with E-state index in [1.54, 1.807) is 11.3 Å². The number of rotatable bonds is 6. The third kappa shape index (κ3) is 3.76. The van der Waals surface area contributed by atoms with Crippen LogP contribution in [0.3, 0.4) is 0 Å². The van der Waals surface area contributed by atoms with Crippen molar-refractivity contribution in [1.82, 2.24) is 10.3 Å². The highest BCUT2D eigenvalue weighted by Crippen LogP contribution is 2.24. The highest BCUT2D eigenvalue weighted by Gasteiger charge is 2.10. The Morgan fingerprint density at radius 3 is 2.50 bits per heavy atom. The van der Waals surface area contributed by atoms with Crippen molar-refractivity contribution in [2.75, 3.05) is 24.5 Å². The third-order valence-corrected chi connectivity index (χ3v) is 3.74. The maximum atomic E-state index is 4.60. The number of anilines is 1. The van der Waals surface area contributed by atoms with Crippen molar-refractivity contribution in [3.63, 3.8) is 0 Å². The van der Waals surface area contributed by atoms with Gasteiger partial charge in [-0.25, -0.2) is 4.98 Å². The molecule has 0 aliphatic carbocycles. The number of hydrogen-bond donors (Lipinski definition) is 1. The molecular weight excluding hydrogens is 218 g/mol. The fourth-order valence-corrected chi connectivity index (χ4v) is 2.47. The summed E-state index contributed by atoms with van der Waals surface area (Å²) >= 11 is 1.79. The molecule has 0 fully saturated rings. The summed E-state index contributed by atoms with van der Waals surface area (Å²) in [5.41, 5.74) is 1.16. The smallest absolute Gasteiger partial charge is 0.185 e. The van der Waals surface area contributed by atoms with Crippen LogP contribution in [-0.2, 0) is 0 Å². The number of aryl methyl sites for hydroxylation is 2. The number of hydrogen-bond acceptors (Lipinski definition) is 4. The summed E-state index contributed by atoms with van der Waals surface area (Å²) in [5.74, 6) is 0. The van der Waals surface area contributed by atoms with Crippen LogP contribution in [0.2, 0.25) is 0 Å². The topological polar surface area (TPSA) is 28.2 Å². The minimum atomic E-state index is 0.554.